The molecule has 0 radical (unpaired) electrons. The molecule has 1 aromatic heterocycles. The molecule has 0 aliphatic carbocycles. The van der Waals surface area contributed by atoms with E-state index in [4.69, 9.17) is 0 Å². The zero-order valence-corrected chi connectivity index (χ0v) is 21.0. The molecule has 0 unspecified atom stereocenters. The van der Waals surface area contributed by atoms with Gasteiger partial charge in [-0.3, -0.25) is 19.5 Å². The Morgan fingerprint density at radius 1 is 0.816 bits per heavy atom. The SMILES string of the molecule is O=C(Cc1ccccc1)NCC(=O)N1CCN(C(=O)c2ccc(C=Cc3n[nH]c4ccccc34)cc2)CC1. The van der Waals surface area contributed by atoms with Crippen molar-refractivity contribution in [3.8, 4) is 0 Å². The fourth-order valence-corrected chi connectivity index (χ4v) is 4.49. The van der Waals surface area contributed by atoms with Crippen LogP contribution in [-0.4, -0.2) is 70.4 Å². The highest BCUT2D eigenvalue weighted by Gasteiger charge is 2.25. The van der Waals surface area contributed by atoms with Crippen molar-refractivity contribution in [1.82, 2.24) is 25.3 Å². The predicted octanol–water partition coefficient (Wildman–Crippen LogP) is 3.38. The van der Waals surface area contributed by atoms with Crippen molar-refractivity contribution in [1.29, 1.82) is 0 Å². The Kier molecular flexibility index (Phi) is 7.59. The van der Waals surface area contributed by atoms with Gasteiger partial charge in [0.15, 0.2) is 0 Å². The number of hydrogen-bond acceptors (Lipinski definition) is 4. The van der Waals surface area contributed by atoms with Crippen LogP contribution in [0, 0.1) is 0 Å². The molecule has 8 heteroatoms. The topological polar surface area (TPSA) is 98.4 Å². The van der Waals surface area contributed by atoms with Gasteiger partial charge in [-0.2, -0.15) is 5.10 Å². The molecule has 0 bridgehead atoms. The minimum absolute atomic E-state index is 0.0390. The molecule has 2 N–H and O–H groups in total. The maximum atomic E-state index is 13.0. The predicted molar refractivity (Wildman–Crippen MR) is 147 cm³/mol. The maximum absolute atomic E-state index is 13.0. The highest BCUT2D eigenvalue weighted by atomic mass is 16.2. The van der Waals surface area contributed by atoms with Gasteiger partial charge in [-0.25, -0.2) is 0 Å². The Labute approximate surface area is 220 Å². The zero-order valence-electron chi connectivity index (χ0n) is 21.0. The number of rotatable bonds is 7. The lowest BCUT2D eigenvalue weighted by atomic mass is 10.1. The summed E-state index contributed by atoms with van der Waals surface area (Å²) in [6.45, 7) is 1.75. The molecule has 4 aromatic rings. The van der Waals surface area contributed by atoms with Crippen molar-refractivity contribution in [3.05, 3.63) is 101 Å². The second-order valence-electron chi connectivity index (χ2n) is 9.22. The number of fused-ring (bicyclic) bond motifs is 1. The number of benzene rings is 3. The summed E-state index contributed by atoms with van der Waals surface area (Å²) in [5.41, 5.74) is 4.34. The number of nitrogens with zero attached hydrogens (tertiary/aromatic N) is 3. The maximum Gasteiger partial charge on any atom is 0.253 e. The average Bonchev–Trinajstić information content (AvgIpc) is 3.38. The van der Waals surface area contributed by atoms with Gasteiger partial charge in [0.25, 0.3) is 5.91 Å². The zero-order chi connectivity index (χ0) is 26.3. The van der Waals surface area contributed by atoms with E-state index in [9.17, 15) is 14.4 Å². The Morgan fingerprint density at radius 2 is 1.50 bits per heavy atom. The second kappa shape index (κ2) is 11.6. The summed E-state index contributed by atoms with van der Waals surface area (Å²) in [6.07, 6.45) is 4.17. The molecule has 0 saturated carbocycles. The van der Waals surface area contributed by atoms with Crippen LogP contribution in [0.1, 0.15) is 27.2 Å². The molecule has 1 aliphatic rings. The number of aromatic nitrogens is 2. The van der Waals surface area contributed by atoms with Gasteiger partial charge in [-0.05, 0) is 35.4 Å². The third kappa shape index (κ3) is 5.98. The van der Waals surface area contributed by atoms with Crippen molar-refractivity contribution in [2.24, 2.45) is 0 Å². The number of H-pyrrole nitrogens is 1. The fourth-order valence-electron chi connectivity index (χ4n) is 4.49. The van der Waals surface area contributed by atoms with Crippen LogP contribution >= 0.6 is 0 Å². The van der Waals surface area contributed by atoms with Crippen LogP contribution in [0.3, 0.4) is 0 Å². The minimum Gasteiger partial charge on any atom is -0.347 e. The van der Waals surface area contributed by atoms with E-state index in [1.807, 2.05) is 91.0 Å². The molecule has 8 nitrogen and oxygen atoms in total. The fraction of sp³-hybridized carbons (Fsp3) is 0.200. The van der Waals surface area contributed by atoms with Crippen molar-refractivity contribution in [2.45, 2.75) is 6.42 Å². The second-order valence-corrected chi connectivity index (χ2v) is 9.22. The molecule has 1 fully saturated rings. The molecular weight excluding hydrogens is 478 g/mol. The largest absolute Gasteiger partial charge is 0.347 e. The standard InChI is InChI=1S/C30H29N5O3/c36-28(20-23-6-2-1-3-7-23)31-21-29(37)34-16-18-35(19-17-34)30(38)24-13-10-22(11-14-24)12-15-27-25-8-4-5-9-26(25)32-33-27/h1-15H,16-21H2,(H,31,36)(H,32,33). The van der Waals surface area contributed by atoms with E-state index in [1.54, 1.807) is 9.80 Å². The third-order valence-corrected chi connectivity index (χ3v) is 6.65. The van der Waals surface area contributed by atoms with Gasteiger partial charge in [0.05, 0.1) is 24.2 Å². The monoisotopic (exact) mass is 507 g/mol. The van der Waals surface area contributed by atoms with E-state index in [1.165, 1.54) is 0 Å². The number of piperazine rings is 1. The molecule has 1 saturated heterocycles. The molecule has 1 aliphatic heterocycles. The summed E-state index contributed by atoms with van der Waals surface area (Å²) >= 11 is 0. The van der Waals surface area contributed by atoms with Gasteiger partial charge < -0.3 is 15.1 Å². The van der Waals surface area contributed by atoms with Crippen LogP contribution < -0.4 is 5.32 Å². The van der Waals surface area contributed by atoms with E-state index in [2.05, 4.69) is 15.5 Å². The third-order valence-electron chi connectivity index (χ3n) is 6.65. The molecule has 0 atom stereocenters. The summed E-state index contributed by atoms with van der Waals surface area (Å²) in [5.74, 6) is -0.379. The first-order chi connectivity index (χ1) is 18.6. The molecule has 0 spiro atoms. The summed E-state index contributed by atoms with van der Waals surface area (Å²) in [6, 6.07) is 24.8. The van der Waals surface area contributed by atoms with E-state index in [0.29, 0.717) is 31.7 Å². The molecule has 38 heavy (non-hydrogen) atoms. The molecular formula is C30H29N5O3. The number of carbonyl (C=O) groups is 3. The van der Waals surface area contributed by atoms with Gasteiger partial charge in [0, 0.05) is 37.1 Å². The van der Waals surface area contributed by atoms with Gasteiger partial charge in [-0.1, -0.05) is 66.7 Å². The van der Waals surface area contributed by atoms with Crippen molar-refractivity contribution >= 4 is 40.8 Å². The van der Waals surface area contributed by atoms with Gasteiger partial charge in [0.2, 0.25) is 11.8 Å². The number of hydrogen-bond donors (Lipinski definition) is 2. The van der Waals surface area contributed by atoms with Crippen LogP contribution in [-0.2, 0) is 16.0 Å². The highest BCUT2D eigenvalue weighted by molar-refractivity contribution is 5.95. The van der Waals surface area contributed by atoms with Crippen LogP contribution in [0.25, 0.3) is 23.1 Å². The summed E-state index contributed by atoms with van der Waals surface area (Å²) in [4.78, 5) is 41.1. The van der Waals surface area contributed by atoms with Gasteiger partial charge in [-0.15, -0.1) is 0 Å². The Bertz CT molecular complexity index is 1450. The molecule has 5 rings (SSSR count). The molecule has 3 amide bonds. The first kappa shape index (κ1) is 25.0. The van der Waals surface area contributed by atoms with Crippen LogP contribution in [0.4, 0.5) is 0 Å². The van der Waals surface area contributed by atoms with Crippen LogP contribution in [0.15, 0.2) is 78.9 Å². The highest BCUT2D eigenvalue weighted by Crippen LogP contribution is 2.18. The Hall–Kier alpha value is -4.72. The summed E-state index contributed by atoms with van der Waals surface area (Å²) < 4.78 is 0. The quantitative estimate of drug-likeness (QED) is 0.401. The lowest BCUT2D eigenvalue weighted by Gasteiger charge is -2.35. The van der Waals surface area contributed by atoms with Crippen LogP contribution in [0.2, 0.25) is 0 Å². The van der Waals surface area contributed by atoms with E-state index in [-0.39, 0.29) is 30.7 Å². The Balaban J connectivity index is 1.09. The number of carbonyl (C=O) groups excluding carboxylic acids is 3. The van der Waals surface area contributed by atoms with Gasteiger partial charge in [0.1, 0.15) is 0 Å². The number of para-hydroxylation sites is 1. The number of amides is 3. The first-order valence-corrected chi connectivity index (χ1v) is 12.7. The van der Waals surface area contributed by atoms with Crippen molar-refractivity contribution in [3.63, 3.8) is 0 Å². The normalized spacial score (nSPS) is 13.7. The van der Waals surface area contributed by atoms with E-state index in [0.717, 1.165) is 27.7 Å². The smallest absolute Gasteiger partial charge is 0.253 e. The number of nitrogens with one attached hydrogen (secondary N) is 2. The molecule has 2 heterocycles. The van der Waals surface area contributed by atoms with Crippen molar-refractivity contribution < 1.29 is 14.4 Å². The number of aromatic amines is 1. The lowest BCUT2D eigenvalue weighted by molar-refractivity contribution is -0.133. The van der Waals surface area contributed by atoms with E-state index < -0.39 is 0 Å². The van der Waals surface area contributed by atoms with E-state index >= 15 is 0 Å². The molecule has 3 aromatic carbocycles. The lowest BCUT2D eigenvalue weighted by Crippen LogP contribution is -2.52. The van der Waals surface area contributed by atoms with Crippen molar-refractivity contribution in [2.75, 3.05) is 32.7 Å². The average molecular weight is 508 g/mol. The minimum atomic E-state index is -0.186. The molecule has 192 valence electrons. The first-order valence-electron chi connectivity index (χ1n) is 12.7. The van der Waals surface area contributed by atoms with Crippen LogP contribution in [0.5, 0.6) is 0 Å². The van der Waals surface area contributed by atoms with Gasteiger partial charge >= 0.3 is 0 Å². The summed E-state index contributed by atoms with van der Waals surface area (Å²) in [7, 11) is 0. The summed E-state index contributed by atoms with van der Waals surface area (Å²) in [5, 5.41) is 11.1. The Morgan fingerprint density at radius 3 is 2.26 bits per heavy atom.